The third kappa shape index (κ3) is 6.05. The molecular formula is C9H16N2O3. The molecule has 0 aliphatic rings. The fourth-order valence-corrected chi connectivity index (χ4v) is 0.914. The molecule has 0 bridgehead atoms. The van der Waals surface area contributed by atoms with Crippen LogP contribution in [0.2, 0.25) is 0 Å². The van der Waals surface area contributed by atoms with Crippen molar-refractivity contribution in [3.8, 4) is 0 Å². The van der Waals surface area contributed by atoms with E-state index >= 15 is 0 Å². The normalized spacial score (nSPS) is 13.4. The maximum absolute atomic E-state index is 10.2. The number of amidine groups is 1. The van der Waals surface area contributed by atoms with Crippen molar-refractivity contribution in [1.82, 2.24) is 0 Å². The summed E-state index contributed by atoms with van der Waals surface area (Å²) in [5.41, 5.74) is 5.34. The van der Waals surface area contributed by atoms with E-state index in [1.807, 2.05) is 0 Å². The third-order valence-electron chi connectivity index (χ3n) is 1.66. The topological polar surface area (TPSA) is 84.9 Å². The predicted octanol–water partition coefficient (Wildman–Crippen LogP) is 0.757. The molecular weight excluding hydrogens is 184 g/mol. The number of carboxylic acids is 1. The number of hydrogen-bond acceptors (Lipinski definition) is 3. The lowest BCUT2D eigenvalue weighted by Gasteiger charge is -2.06. The minimum absolute atomic E-state index is 0.0882. The molecule has 5 heteroatoms. The van der Waals surface area contributed by atoms with Crippen LogP contribution < -0.4 is 5.73 Å². The second kappa shape index (κ2) is 6.94. The van der Waals surface area contributed by atoms with Gasteiger partial charge in [0.25, 0.3) is 6.02 Å². The van der Waals surface area contributed by atoms with E-state index in [0.29, 0.717) is 12.8 Å². The lowest BCUT2D eigenvalue weighted by molar-refractivity contribution is -0.137. The Morgan fingerprint density at radius 3 is 2.86 bits per heavy atom. The molecule has 5 nitrogen and oxygen atoms in total. The van der Waals surface area contributed by atoms with Crippen molar-refractivity contribution in [2.24, 2.45) is 10.7 Å². The Hall–Kier alpha value is -1.52. The highest BCUT2D eigenvalue weighted by Crippen LogP contribution is 2.05. The van der Waals surface area contributed by atoms with E-state index in [-0.39, 0.29) is 18.5 Å². The van der Waals surface area contributed by atoms with Crippen molar-refractivity contribution in [2.45, 2.75) is 25.3 Å². The summed E-state index contributed by atoms with van der Waals surface area (Å²) < 4.78 is 4.67. The van der Waals surface area contributed by atoms with Crippen LogP contribution in [-0.2, 0) is 9.53 Å². The largest absolute Gasteiger partial charge is 0.481 e. The summed E-state index contributed by atoms with van der Waals surface area (Å²) in [4.78, 5) is 14.2. The maximum Gasteiger partial charge on any atom is 0.303 e. The number of aliphatic imine (C=N–C) groups is 1. The number of nitrogens with zero attached hydrogens (tertiary/aromatic N) is 1. The molecule has 0 saturated carbocycles. The van der Waals surface area contributed by atoms with Gasteiger partial charge in [-0.25, -0.2) is 4.99 Å². The average molecular weight is 200 g/mol. The van der Waals surface area contributed by atoms with E-state index in [1.165, 1.54) is 7.11 Å². The van der Waals surface area contributed by atoms with Gasteiger partial charge in [-0.1, -0.05) is 6.08 Å². The van der Waals surface area contributed by atoms with Gasteiger partial charge in [-0.2, -0.15) is 0 Å². The quantitative estimate of drug-likeness (QED) is 0.376. The Morgan fingerprint density at radius 2 is 2.43 bits per heavy atom. The van der Waals surface area contributed by atoms with Gasteiger partial charge in [0, 0.05) is 6.42 Å². The van der Waals surface area contributed by atoms with Gasteiger partial charge in [-0.3, -0.25) is 4.79 Å². The fraction of sp³-hybridized carbons (Fsp3) is 0.556. The highest BCUT2D eigenvalue weighted by Gasteiger charge is 2.04. The van der Waals surface area contributed by atoms with Crippen LogP contribution >= 0.6 is 0 Å². The first-order valence-electron chi connectivity index (χ1n) is 4.31. The summed E-state index contributed by atoms with van der Waals surface area (Å²) in [6.45, 7) is 3.58. The van der Waals surface area contributed by atoms with Crippen LogP contribution in [-0.4, -0.2) is 30.2 Å². The van der Waals surface area contributed by atoms with E-state index < -0.39 is 5.97 Å². The number of carboxylic acid groups (broad SMARTS) is 1. The highest BCUT2D eigenvalue weighted by atomic mass is 16.5. The molecule has 0 saturated heterocycles. The molecule has 0 radical (unpaired) electrons. The van der Waals surface area contributed by atoms with Gasteiger partial charge in [0.2, 0.25) is 0 Å². The number of hydrogen-bond donors (Lipinski definition) is 2. The summed E-state index contributed by atoms with van der Waals surface area (Å²) in [6.07, 6.45) is 2.91. The number of rotatable bonds is 6. The van der Waals surface area contributed by atoms with Gasteiger partial charge in [0.15, 0.2) is 0 Å². The molecule has 0 aromatic carbocycles. The molecule has 3 N–H and O–H groups in total. The Bertz CT molecular complexity index is 226. The number of ether oxygens (including phenoxy) is 1. The van der Waals surface area contributed by atoms with E-state index in [4.69, 9.17) is 10.8 Å². The third-order valence-corrected chi connectivity index (χ3v) is 1.66. The molecule has 0 fully saturated rings. The van der Waals surface area contributed by atoms with Crippen LogP contribution in [0.5, 0.6) is 0 Å². The minimum atomic E-state index is -0.809. The first-order valence-corrected chi connectivity index (χ1v) is 4.31. The molecule has 0 aromatic heterocycles. The lowest BCUT2D eigenvalue weighted by atomic mass is 10.1. The maximum atomic E-state index is 10.2. The summed E-state index contributed by atoms with van der Waals surface area (Å²) in [6, 6.07) is -0.0838. The number of methoxy groups -OCH3 is 1. The first kappa shape index (κ1) is 12.5. The van der Waals surface area contributed by atoms with E-state index in [9.17, 15) is 4.79 Å². The molecule has 80 valence electrons. The highest BCUT2D eigenvalue weighted by molar-refractivity contribution is 5.71. The fourth-order valence-electron chi connectivity index (χ4n) is 0.914. The number of aliphatic carboxylic acids is 1. The Kier molecular flexibility index (Phi) is 6.19. The SMILES string of the molecule is C=CC(CCCC(=O)O)N=C(N)OC. The van der Waals surface area contributed by atoms with Gasteiger partial charge in [-0.15, -0.1) is 6.58 Å². The zero-order valence-corrected chi connectivity index (χ0v) is 8.27. The van der Waals surface area contributed by atoms with Gasteiger partial charge < -0.3 is 15.6 Å². The first-order chi connectivity index (χ1) is 6.60. The number of nitrogens with two attached hydrogens (primary N) is 1. The molecule has 0 amide bonds. The van der Waals surface area contributed by atoms with Gasteiger partial charge in [-0.05, 0) is 12.8 Å². The van der Waals surface area contributed by atoms with E-state index in [2.05, 4.69) is 16.3 Å². The van der Waals surface area contributed by atoms with E-state index in [0.717, 1.165) is 0 Å². The average Bonchev–Trinajstić information content (AvgIpc) is 2.15. The second-order valence-corrected chi connectivity index (χ2v) is 2.76. The van der Waals surface area contributed by atoms with Crippen molar-refractivity contribution in [3.05, 3.63) is 12.7 Å². The van der Waals surface area contributed by atoms with Crippen LogP contribution in [0.3, 0.4) is 0 Å². The monoisotopic (exact) mass is 200 g/mol. The van der Waals surface area contributed by atoms with Crippen molar-refractivity contribution >= 4 is 12.0 Å². The summed E-state index contributed by atoms with van der Waals surface area (Å²) in [5, 5.41) is 8.42. The van der Waals surface area contributed by atoms with Crippen LogP contribution in [0.25, 0.3) is 0 Å². The van der Waals surface area contributed by atoms with Crippen LogP contribution in [0.4, 0.5) is 0 Å². The molecule has 1 unspecified atom stereocenters. The molecule has 0 rings (SSSR count). The van der Waals surface area contributed by atoms with Crippen LogP contribution in [0.15, 0.2) is 17.6 Å². The van der Waals surface area contributed by atoms with Gasteiger partial charge in [0.05, 0.1) is 13.2 Å². The van der Waals surface area contributed by atoms with Crippen LogP contribution in [0, 0.1) is 0 Å². The summed E-state index contributed by atoms with van der Waals surface area (Å²) >= 11 is 0. The van der Waals surface area contributed by atoms with Crippen molar-refractivity contribution in [2.75, 3.05) is 7.11 Å². The molecule has 0 heterocycles. The molecule has 0 aliphatic heterocycles. The molecule has 14 heavy (non-hydrogen) atoms. The van der Waals surface area contributed by atoms with Gasteiger partial charge in [0.1, 0.15) is 0 Å². The Labute approximate surface area is 83.3 Å². The second-order valence-electron chi connectivity index (χ2n) is 2.76. The zero-order valence-electron chi connectivity index (χ0n) is 8.27. The Balaban J connectivity index is 3.91. The smallest absolute Gasteiger partial charge is 0.303 e. The summed E-state index contributed by atoms with van der Waals surface area (Å²) in [5.74, 6) is -0.809. The van der Waals surface area contributed by atoms with Crippen molar-refractivity contribution < 1.29 is 14.6 Å². The lowest BCUT2D eigenvalue weighted by Crippen LogP contribution is -2.17. The number of carbonyl (C=O) groups is 1. The Morgan fingerprint density at radius 1 is 1.79 bits per heavy atom. The molecule has 0 spiro atoms. The van der Waals surface area contributed by atoms with Crippen molar-refractivity contribution in [3.63, 3.8) is 0 Å². The van der Waals surface area contributed by atoms with E-state index in [1.54, 1.807) is 6.08 Å². The molecule has 0 aliphatic carbocycles. The molecule has 0 aromatic rings. The zero-order chi connectivity index (χ0) is 11.0. The van der Waals surface area contributed by atoms with Gasteiger partial charge >= 0.3 is 5.97 Å². The molecule has 1 atom stereocenters. The van der Waals surface area contributed by atoms with Crippen LogP contribution in [0.1, 0.15) is 19.3 Å². The van der Waals surface area contributed by atoms with Crippen molar-refractivity contribution in [1.29, 1.82) is 0 Å². The standard InChI is InChI=1S/C9H16N2O3/c1-3-7(11-9(10)14-2)5-4-6-8(12)13/h3,7H,1,4-6H2,2H3,(H2,10,11)(H,12,13). The summed E-state index contributed by atoms with van der Waals surface area (Å²) in [7, 11) is 1.43. The predicted molar refractivity (Wildman–Crippen MR) is 54.1 cm³/mol. The minimum Gasteiger partial charge on any atom is -0.481 e.